The number of nitrogens with zero attached hydrogens (tertiary/aromatic N) is 4. The number of benzene rings is 1. The first-order chi connectivity index (χ1) is 10.2. The van der Waals surface area contributed by atoms with Gasteiger partial charge in [0.15, 0.2) is 5.16 Å². The molecular weight excluding hydrogens is 308 g/mol. The van der Waals surface area contributed by atoms with Gasteiger partial charge in [-0.25, -0.2) is 0 Å². The lowest BCUT2D eigenvalue weighted by Gasteiger charge is -2.06. The van der Waals surface area contributed by atoms with Crippen LogP contribution in [0.5, 0.6) is 0 Å². The van der Waals surface area contributed by atoms with Gasteiger partial charge in [0, 0.05) is 17.4 Å². The molecule has 0 unspecified atom stereocenters. The largest absolute Gasteiger partial charge is 0.300 e. The highest BCUT2D eigenvalue weighted by Gasteiger charge is 2.11. The maximum absolute atomic E-state index is 12.5. The van der Waals surface area contributed by atoms with Crippen LogP contribution in [0.15, 0.2) is 46.6 Å². The molecular formula is C14H9ClN4OS. The Bertz CT molecular complexity index is 909. The fourth-order valence-electron chi connectivity index (χ4n) is 1.90. The summed E-state index contributed by atoms with van der Waals surface area (Å²) in [5, 5.41) is 9.08. The molecule has 0 aliphatic carbocycles. The number of halogens is 1. The van der Waals surface area contributed by atoms with Crippen molar-refractivity contribution < 1.29 is 0 Å². The van der Waals surface area contributed by atoms with Crippen molar-refractivity contribution in [2.75, 3.05) is 5.75 Å². The summed E-state index contributed by atoms with van der Waals surface area (Å²) in [4.78, 5) is 12.5. The Labute approximate surface area is 129 Å². The second-order valence-corrected chi connectivity index (χ2v) is 5.50. The molecule has 1 aromatic carbocycles. The van der Waals surface area contributed by atoms with E-state index in [0.29, 0.717) is 21.6 Å². The zero-order chi connectivity index (χ0) is 14.8. The number of hydrogen-bond acceptors (Lipinski definition) is 4. The number of hydrogen-bond donors (Lipinski definition) is 0. The van der Waals surface area contributed by atoms with Crippen LogP contribution < -0.4 is 5.56 Å². The van der Waals surface area contributed by atoms with Gasteiger partial charge in [0.1, 0.15) is 0 Å². The number of terminal acetylenes is 1. The highest BCUT2D eigenvalue weighted by Crippen LogP contribution is 2.16. The van der Waals surface area contributed by atoms with Gasteiger partial charge in [-0.15, -0.1) is 16.6 Å². The highest BCUT2D eigenvalue weighted by atomic mass is 35.5. The van der Waals surface area contributed by atoms with Gasteiger partial charge in [-0.3, -0.25) is 13.8 Å². The molecule has 7 heteroatoms. The molecule has 2 heterocycles. The van der Waals surface area contributed by atoms with Gasteiger partial charge in [0.25, 0.3) is 0 Å². The van der Waals surface area contributed by atoms with Crippen molar-refractivity contribution in [1.29, 1.82) is 0 Å². The first-order valence-corrected chi connectivity index (χ1v) is 7.35. The van der Waals surface area contributed by atoms with Gasteiger partial charge in [-0.1, -0.05) is 35.3 Å². The Morgan fingerprint density at radius 1 is 1.33 bits per heavy atom. The van der Waals surface area contributed by atoms with Gasteiger partial charge < -0.3 is 0 Å². The molecule has 3 aromatic rings. The maximum Gasteiger partial charge on any atom is 0.300 e. The topological polar surface area (TPSA) is 52.2 Å². The van der Waals surface area contributed by atoms with Crippen LogP contribution in [0.4, 0.5) is 0 Å². The normalized spacial score (nSPS) is 10.7. The summed E-state index contributed by atoms with van der Waals surface area (Å²) < 4.78 is 3.11. The molecule has 21 heavy (non-hydrogen) atoms. The summed E-state index contributed by atoms with van der Waals surface area (Å²) >= 11 is 7.31. The van der Waals surface area contributed by atoms with E-state index in [-0.39, 0.29) is 11.2 Å². The van der Waals surface area contributed by atoms with E-state index in [1.807, 2.05) is 0 Å². The van der Waals surface area contributed by atoms with E-state index in [9.17, 15) is 4.79 Å². The molecule has 0 amide bonds. The Morgan fingerprint density at radius 2 is 2.19 bits per heavy atom. The van der Waals surface area contributed by atoms with E-state index < -0.39 is 0 Å². The lowest BCUT2D eigenvalue weighted by atomic mass is 10.3. The highest BCUT2D eigenvalue weighted by molar-refractivity contribution is 7.99. The molecule has 0 radical (unpaired) electrons. The summed E-state index contributed by atoms with van der Waals surface area (Å²) in [6.07, 6.45) is 8.62. The molecule has 0 aliphatic rings. The number of thioether (sulfide) groups is 1. The van der Waals surface area contributed by atoms with Crippen LogP contribution in [0.2, 0.25) is 5.02 Å². The molecule has 0 saturated heterocycles. The van der Waals surface area contributed by atoms with Gasteiger partial charge in [0.2, 0.25) is 5.65 Å². The summed E-state index contributed by atoms with van der Waals surface area (Å²) in [7, 11) is 0. The lowest BCUT2D eigenvalue weighted by molar-refractivity contribution is 0.894. The standard InChI is InChI=1S/C14H9ClN4OS/c1-2-8-21-14-17-16-12-13(20)18(6-7-19(12)14)11-5-3-4-10(15)9-11/h1,3-7,9H,8H2. The van der Waals surface area contributed by atoms with Crippen molar-refractivity contribution in [2.45, 2.75) is 5.16 Å². The third-order valence-electron chi connectivity index (χ3n) is 2.81. The van der Waals surface area contributed by atoms with Crippen LogP contribution in [-0.4, -0.2) is 24.9 Å². The second kappa shape index (κ2) is 5.64. The average Bonchev–Trinajstić information content (AvgIpc) is 2.89. The van der Waals surface area contributed by atoms with E-state index in [1.54, 1.807) is 41.1 Å². The lowest BCUT2D eigenvalue weighted by Crippen LogP contribution is -2.20. The Morgan fingerprint density at radius 3 is 2.95 bits per heavy atom. The Hall–Kier alpha value is -2.23. The van der Waals surface area contributed by atoms with Crippen LogP contribution in [0.3, 0.4) is 0 Å². The number of fused-ring (bicyclic) bond motifs is 1. The maximum atomic E-state index is 12.5. The summed E-state index contributed by atoms with van der Waals surface area (Å²) in [5.41, 5.74) is 0.660. The van der Waals surface area contributed by atoms with E-state index >= 15 is 0 Å². The minimum Gasteiger partial charge on any atom is -0.280 e. The summed E-state index contributed by atoms with van der Waals surface area (Å²) in [6, 6.07) is 7.05. The summed E-state index contributed by atoms with van der Waals surface area (Å²) in [6.45, 7) is 0. The quantitative estimate of drug-likeness (QED) is 0.549. The fraction of sp³-hybridized carbons (Fsp3) is 0.0714. The first-order valence-electron chi connectivity index (χ1n) is 5.99. The van der Waals surface area contributed by atoms with Crippen molar-refractivity contribution >= 4 is 29.0 Å². The van der Waals surface area contributed by atoms with Crippen LogP contribution in [0.1, 0.15) is 0 Å². The minimum atomic E-state index is -0.264. The summed E-state index contributed by atoms with van der Waals surface area (Å²) in [5.74, 6) is 2.98. The molecule has 0 spiro atoms. The molecule has 5 nitrogen and oxygen atoms in total. The molecule has 0 fully saturated rings. The molecule has 104 valence electrons. The minimum absolute atomic E-state index is 0.247. The van der Waals surface area contributed by atoms with E-state index in [1.165, 1.54) is 16.3 Å². The fourth-order valence-corrected chi connectivity index (χ4v) is 2.68. The predicted molar refractivity (Wildman–Crippen MR) is 83.2 cm³/mol. The van der Waals surface area contributed by atoms with E-state index in [0.717, 1.165) is 0 Å². The molecule has 0 N–H and O–H groups in total. The zero-order valence-electron chi connectivity index (χ0n) is 10.7. The molecule has 0 aliphatic heterocycles. The van der Waals surface area contributed by atoms with E-state index in [2.05, 4.69) is 16.1 Å². The SMILES string of the molecule is C#CCSc1nnc2c(=O)n(-c3cccc(Cl)c3)ccn12. The number of rotatable bonds is 3. The van der Waals surface area contributed by atoms with Crippen LogP contribution >= 0.6 is 23.4 Å². The average molecular weight is 317 g/mol. The molecule has 0 bridgehead atoms. The number of aromatic nitrogens is 4. The second-order valence-electron chi connectivity index (χ2n) is 4.12. The van der Waals surface area contributed by atoms with Crippen molar-refractivity contribution in [2.24, 2.45) is 0 Å². The molecule has 0 saturated carbocycles. The van der Waals surface area contributed by atoms with E-state index in [4.69, 9.17) is 18.0 Å². The monoisotopic (exact) mass is 316 g/mol. The molecule has 3 rings (SSSR count). The first kappa shape index (κ1) is 13.7. The van der Waals surface area contributed by atoms with Gasteiger partial charge in [0.05, 0.1) is 11.4 Å². The third kappa shape index (κ3) is 2.53. The van der Waals surface area contributed by atoms with Crippen LogP contribution in [0, 0.1) is 12.3 Å². The van der Waals surface area contributed by atoms with Crippen molar-refractivity contribution in [3.8, 4) is 18.0 Å². The third-order valence-corrected chi connectivity index (χ3v) is 3.89. The van der Waals surface area contributed by atoms with Crippen LogP contribution in [-0.2, 0) is 0 Å². The smallest absolute Gasteiger partial charge is 0.280 e. The zero-order valence-corrected chi connectivity index (χ0v) is 12.3. The van der Waals surface area contributed by atoms with Gasteiger partial charge in [-0.2, -0.15) is 0 Å². The van der Waals surface area contributed by atoms with Crippen LogP contribution in [0.25, 0.3) is 11.3 Å². The predicted octanol–water partition coefficient (Wildman–Crippen LogP) is 2.26. The molecule has 0 atom stereocenters. The molecule has 2 aromatic heterocycles. The van der Waals surface area contributed by atoms with Gasteiger partial charge in [-0.05, 0) is 18.2 Å². The Balaban J connectivity index is 2.14. The Kier molecular flexibility index (Phi) is 3.69. The van der Waals surface area contributed by atoms with Crippen molar-refractivity contribution in [3.63, 3.8) is 0 Å². The van der Waals surface area contributed by atoms with Crippen molar-refractivity contribution in [3.05, 3.63) is 52.0 Å². The van der Waals surface area contributed by atoms with Gasteiger partial charge >= 0.3 is 5.56 Å². The van der Waals surface area contributed by atoms with Crippen molar-refractivity contribution in [1.82, 2.24) is 19.2 Å².